The van der Waals surface area contributed by atoms with Crippen molar-refractivity contribution in [2.75, 3.05) is 0 Å². The van der Waals surface area contributed by atoms with E-state index in [1.807, 2.05) is 31.2 Å². The molecule has 0 aromatic heterocycles. The number of aryl methyl sites for hydroxylation is 1. The fourth-order valence-corrected chi connectivity index (χ4v) is 2.67. The first kappa shape index (κ1) is 13.1. The lowest BCUT2D eigenvalue weighted by molar-refractivity contribution is 0.0502. The largest absolute Gasteiger partial charge is 0.487 e. The molecule has 1 aliphatic heterocycles. The summed E-state index contributed by atoms with van der Waals surface area (Å²) in [7, 11) is 0. The Hall–Kier alpha value is -1.87. The van der Waals surface area contributed by atoms with Crippen molar-refractivity contribution in [1.29, 1.82) is 0 Å². The molecule has 0 amide bonds. The monoisotopic (exact) mass is 272 g/mol. The lowest BCUT2D eigenvalue weighted by Gasteiger charge is -2.19. The summed E-state index contributed by atoms with van der Waals surface area (Å²) >= 11 is 0. The summed E-state index contributed by atoms with van der Waals surface area (Å²) in [6, 6.07) is 12.5. The van der Waals surface area contributed by atoms with Crippen LogP contribution in [0.15, 0.2) is 42.5 Å². The number of rotatable bonds is 3. The zero-order valence-corrected chi connectivity index (χ0v) is 11.3. The number of hydrogen-bond acceptors (Lipinski definition) is 2. The standard InChI is InChI=1S/C17H17FO2/c1-11-8-14(18)7-6-12(11)9-15(19)17-10-13-4-2-3-5-16(13)20-17/h2-8,15,17,19H,9-10H2,1H3. The molecule has 0 radical (unpaired) electrons. The molecule has 2 aromatic rings. The van der Waals surface area contributed by atoms with Gasteiger partial charge in [-0.25, -0.2) is 4.39 Å². The fraction of sp³-hybridized carbons (Fsp3) is 0.294. The van der Waals surface area contributed by atoms with Gasteiger partial charge in [-0.15, -0.1) is 0 Å². The highest BCUT2D eigenvalue weighted by Crippen LogP contribution is 2.30. The molecule has 0 spiro atoms. The molecule has 2 nitrogen and oxygen atoms in total. The zero-order chi connectivity index (χ0) is 14.1. The van der Waals surface area contributed by atoms with Crippen molar-refractivity contribution in [2.45, 2.75) is 32.0 Å². The topological polar surface area (TPSA) is 29.5 Å². The molecule has 1 heterocycles. The maximum Gasteiger partial charge on any atom is 0.129 e. The third-order valence-electron chi connectivity index (χ3n) is 3.83. The van der Waals surface area contributed by atoms with Gasteiger partial charge in [0.25, 0.3) is 0 Å². The van der Waals surface area contributed by atoms with E-state index in [0.717, 1.165) is 28.9 Å². The Morgan fingerprint density at radius 2 is 2.10 bits per heavy atom. The van der Waals surface area contributed by atoms with Crippen LogP contribution >= 0.6 is 0 Å². The summed E-state index contributed by atoms with van der Waals surface area (Å²) in [5.74, 6) is 0.609. The number of benzene rings is 2. The van der Waals surface area contributed by atoms with Crippen LogP contribution in [0.5, 0.6) is 5.75 Å². The summed E-state index contributed by atoms with van der Waals surface area (Å²) in [5, 5.41) is 10.3. The van der Waals surface area contributed by atoms with E-state index >= 15 is 0 Å². The van der Waals surface area contributed by atoms with Crippen molar-refractivity contribution in [3.05, 3.63) is 65.0 Å². The minimum absolute atomic E-state index is 0.225. The third-order valence-corrected chi connectivity index (χ3v) is 3.83. The van der Waals surface area contributed by atoms with Gasteiger partial charge in [0.15, 0.2) is 0 Å². The Labute approximate surface area is 117 Å². The van der Waals surface area contributed by atoms with E-state index in [-0.39, 0.29) is 11.9 Å². The zero-order valence-electron chi connectivity index (χ0n) is 11.3. The van der Waals surface area contributed by atoms with Crippen LogP contribution in [0.25, 0.3) is 0 Å². The molecule has 20 heavy (non-hydrogen) atoms. The molecule has 104 valence electrons. The maximum atomic E-state index is 13.1. The maximum absolute atomic E-state index is 13.1. The minimum atomic E-state index is -0.591. The van der Waals surface area contributed by atoms with E-state index in [1.54, 1.807) is 6.07 Å². The molecule has 2 aromatic carbocycles. The molecule has 2 unspecified atom stereocenters. The Kier molecular flexibility index (Phi) is 3.45. The number of halogens is 1. The second-order valence-corrected chi connectivity index (χ2v) is 5.31. The van der Waals surface area contributed by atoms with Crippen molar-refractivity contribution in [3.8, 4) is 5.75 Å². The van der Waals surface area contributed by atoms with Gasteiger partial charge >= 0.3 is 0 Å². The van der Waals surface area contributed by atoms with Crippen LogP contribution in [0.1, 0.15) is 16.7 Å². The highest BCUT2D eigenvalue weighted by Gasteiger charge is 2.29. The molecule has 1 N–H and O–H groups in total. The normalized spacial score (nSPS) is 18.4. The smallest absolute Gasteiger partial charge is 0.129 e. The van der Waals surface area contributed by atoms with E-state index in [0.29, 0.717) is 6.42 Å². The van der Waals surface area contributed by atoms with Gasteiger partial charge in [-0.1, -0.05) is 24.3 Å². The summed E-state index contributed by atoms with van der Waals surface area (Å²) in [5.41, 5.74) is 2.95. The summed E-state index contributed by atoms with van der Waals surface area (Å²) in [6.45, 7) is 1.86. The van der Waals surface area contributed by atoms with Gasteiger partial charge in [0.1, 0.15) is 17.7 Å². The Bertz CT molecular complexity index is 599. The number of fused-ring (bicyclic) bond motifs is 1. The van der Waals surface area contributed by atoms with Crippen LogP contribution < -0.4 is 4.74 Å². The molecule has 0 bridgehead atoms. The fourth-order valence-electron chi connectivity index (χ4n) is 2.67. The van der Waals surface area contributed by atoms with Crippen LogP contribution in [0, 0.1) is 12.7 Å². The highest BCUT2D eigenvalue weighted by molar-refractivity contribution is 5.38. The first-order valence-corrected chi connectivity index (χ1v) is 6.81. The second kappa shape index (κ2) is 5.25. The molecular weight excluding hydrogens is 255 g/mol. The van der Waals surface area contributed by atoms with Crippen molar-refractivity contribution in [1.82, 2.24) is 0 Å². The van der Waals surface area contributed by atoms with E-state index in [4.69, 9.17) is 4.74 Å². The van der Waals surface area contributed by atoms with E-state index < -0.39 is 6.10 Å². The van der Waals surface area contributed by atoms with Gasteiger partial charge < -0.3 is 9.84 Å². The Morgan fingerprint density at radius 1 is 1.30 bits per heavy atom. The summed E-state index contributed by atoms with van der Waals surface area (Å²) < 4.78 is 18.9. The SMILES string of the molecule is Cc1cc(F)ccc1CC(O)C1Cc2ccccc2O1. The van der Waals surface area contributed by atoms with Gasteiger partial charge in [-0.3, -0.25) is 0 Å². The van der Waals surface area contributed by atoms with Crippen molar-refractivity contribution in [2.24, 2.45) is 0 Å². The number of para-hydroxylation sites is 1. The predicted octanol–water partition coefficient (Wildman–Crippen LogP) is 3.04. The average molecular weight is 272 g/mol. The Morgan fingerprint density at radius 3 is 2.85 bits per heavy atom. The van der Waals surface area contributed by atoms with Gasteiger partial charge in [0, 0.05) is 12.8 Å². The highest BCUT2D eigenvalue weighted by atomic mass is 19.1. The molecule has 3 rings (SSSR count). The van der Waals surface area contributed by atoms with E-state index in [9.17, 15) is 9.50 Å². The summed E-state index contributed by atoms with van der Waals surface area (Å²) in [4.78, 5) is 0. The minimum Gasteiger partial charge on any atom is -0.487 e. The number of ether oxygens (including phenoxy) is 1. The average Bonchev–Trinajstić information content (AvgIpc) is 2.86. The first-order chi connectivity index (χ1) is 9.63. The van der Waals surface area contributed by atoms with Gasteiger partial charge in [-0.2, -0.15) is 0 Å². The molecule has 3 heteroatoms. The van der Waals surface area contributed by atoms with Crippen molar-refractivity contribution >= 4 is 0 Å². The van der Waals surface area contributed by atoms with Gasteiger partial charge in [0.2, 0.25) is 0 Å². The lowest BCUT2D eigenvalue weighted by atomic mass is 9.97. The van der Waals surface area contributed by atoms with Crippen LogP contribution in [0.3, 0.4) is 0 Å². The van der Waals surface area contributed by atoms with Crippen LogP contribution in [0.2, 0.25) is 0 Å². The molecular formula is C17H17FO2. The van der Waals surface area contributed by atoms with Crippen LogP contribution in [-0.2, 0) is 12.8 Å². The molecule has 0 saturated heterocycles. The van der Waals surface area contributed by atoms with E-state index in [2.05, 4.69) is 0 Å². The van der Waals surface area contributed by atoms with E-state index in [1.165, 1.54) is 12.1 Å². The molecule has 2 atom stereocenters. The van der Waals surface area contributed by atoms with Crippen LogP contribution in [-0.4, -0.2) is 17.3 Å². The summed E-state index contributed by atoms with van der Waals surface area (Å²) in [6.07, 6.45) is 0.380. The number of hydrogen-bond donors (Lipinski definition) is 1. The van der Waals surface area contributed by atoms with Gasteiger partial charge in [0.05, 0.1) is 6.10 Å². The molecule has 1 aliphatic rings. The van der Waals surface area contributed by atoms with Crippen LogP contribution in [0.4, 0.5) is 4.39 Å². The predicted molar refractivity (Wildman–Crippen MR) is 75.4 cm³/mol. The van der Waals surface area contributed by atoms with Gasteiger partial charge in [-0.05, 0) is 41.8 Å². The lowest BCUT2D eigenvalue weighted by Crippen LogP contribution is -2.32. The third kappa shape index (κ3) is 2.54. The molecule has 0 fully saturated rings. The molecule has 0 aliphatic carbocycles. The Balaban J connectivity index is 1.70. The number of aliphatic hydroxyl groups is 1. The second-order valence-electron chi connectivity index (χ2n) is 5.31. The van der Waals surface area contributed by atoms with Crippen molar-refractivity contribution in [3.63, 3.8) is 0 Å². The molecule has 0 saturated carbocycles. The van der Waals surface area contributed by atoms with Crippen molar-refractivity contribution < 1.29 is 14.2 Å². The first-order valence-electron chi connectivity index (χ1n) is 6.81. The quantitative estimate of drug-likeness (QED) is 0.930. The number of aliphatic hydroxyl groups excluding tert-OH is 1.